The molecular formula is C21H20ClF2N5O. The third kappa shape index (κ3) is 3.36. The Morgan fingerprint density at radius 3 is 2.63 bits per heavy atom. The first kappa shape index (κ1) is 20.4. The molecule has 0 aliphatic heterocycles. The Labute approximate surface area is 176 Å². The molecule has 2 heterocycles. The van der Waals surface area contributed by atoms with Gasteiger partial charge in [-0.25, -0.2) is 18.4 Å². The maximum absolute atomic E-state index is 14.8. The van der Waals surface area contributed by atoms with Gasteiger partial charge in [-0.15, -0.1) is 0 Å². The smallest absolute Gasteiger partial charge is 0.137 e. The number of halogens is 3. The summed E-state index contributed by atoms with van der Waals surface area (Å²) in [4.78, 5) is 3.89. The second kappa shape index (κ2) is 7.45. The van der Waals surface area contributed by atoms with E-state index in [1.165, 1.54) is 23.4 Å². The Bertz CT molecular complexity index is 1220. The fourth-order valence-electron chi connectivity index (χ4n) is 3.78. The van der Waals surface area contributed by atoms with E-state index in [-0.39, 0.29) is 12.1 Å². The fourth-order valence-corrected chi connectivity index (χ4v) is 3.94. The molecule has 0 fully saturated rings. The van der Waals surface area contributed by atoms with Crippen molar-refractivity contribution in [2.24, 2.45) is 0 Å². The van der Waals surface area contributed by atoms with E-state index in [9.17, 15) is 13.9 Å². The SMILES string of the molecule is Cc1cc2nn([C@H](C)[C@](O)(Cn3cncn3)c3ccc(F)cc3F)c(C)c2cc1Cl. The number of nitrogens with zero attached hydrogens (tertiary/aromatic N) is 5. The van der Waals surface area contributed by atoms with Crippen LogP contribution in [0.3, 0.4) is 0 Å². The number of rotatable bonds is 5. The minimum Gasteiger partial charge on any atom is -0.381 e. The summed E-state index contributed by atoms with van der Waals surface area (Å²) in [6, 6.07) is 6.08. The molecular weight excluding hydrogens is 412 g/mol. The van der Waals surface area contributed by atoms with Gasteiger partial charge in [0.15, 0.2) is 0 Å². The van der Waals surface area contributed by atoms with Crippen molar-refractivity contribution in [1.82, 2.24) is 24.5 Å². The minimum absolute atomic E-state index is 0.0555. The van der Waals surface area contributed by atoms with Crippen LogP contribution in [0.2, 0.25) is 5.02 Å². The molecule has 4 aromatic rings. The molecule has 2 aromatic heterocycles. The van der Waals surface area contributed by atoms with Crippen LogP contribution in [-0.2, 0) is 12.1 Å². The van der Waals surface area contributed by atoms with E-state index < -0.39 is 23.3 Å². The lowest BCUT2D eigenvalue weighted by molar-refractivity contribution is -0.0372. The summed E-state index contributed by atoms with van der Waals surface area (Å²) in [5.74, 6) is -1.57. The molecule has 0 spiro atoms. The first-order valence-electron chi connectivity index (χ1n) is 9.36. The van der Waals surface area contributed by atoms with E-state index in [4.69, 9.17) is 11.6 Å². The van der Waals surface area contributed by atoms with Crippen molar-refractivity contribution in [1.29, 1.82) is 0 Å². The normalized spacial score (nSPS) is 14.8. The molecule has 156 valence electrons. The van der Waals surface area contributed by atoms with Crippen LogP contribution in [0.15, 0.2) is 43.0 Å². The van der Waals surface area contributed by atoms with Crippen molar-refractivity contribution in [3.05, 3.63) is 76.5 Å². The number of hydrogen-bond acceptors (Lipinski definition) is 4. The number of benzene rings is 2. The van der Waals surface area contributed by atoms with Gasteiger partial charge in [0.1, 0.15) is 29.9 Å². The molecule has 0 saturated heterocycles. The quantitative estimate of drug-likeness (QED) is 0.510. The van der Waals surface area contributed by atoms with Crippen LogP contribution in [0.1, 0.15) is 29.8 Å². The highest BCUT2D eigenvalue weighted by atomic mass is 35.5. The highest BCUT2D eigenvalue weighted by Crippen LogP contribution is 2.38. The summed E-state index contributed by atoms with van der Waals surface area (Å²) in [6.07, 6.45) is 2.75. The Morgan fingerprint density at radius 2 is 1.97 bits per heavy atom. The largest absolute Gasteiger partial charge is 0.381 e. The molecule has 0 aliphatic rings. The number of aliphatic hydroxyl groups is 1. The van der Waals surface area contributed by atoms with Crippen LogP contribution >= 0.6 is 11.6 Å². The van der Waals surface area contributed by atoms with E-state index in [1.54, 1.807) is 11.6 Å². The van der Waals surface area contributed by atoms with Crippen molar-refractivity contribution in [2.45, 2.75) is 39.0 Å². The Morgan fingerprint density at radius 1 is 1.20 bits per heavy atom. The van der Waals surface area contributed by atoms with Crippen molar-refractivity contribution in [3.63, 3.8) is 0 Å². The van der Waals surface area contributed by atoms with Gasteiger partial charge in [0, 0.05) is 27.7 Å². The second-order valence-corrected chi connectivity index (χ2v) is 7.87. The summed E-state index contributed by atoms with van der Waals surface area (Å²) < 4.78 is 31.3. The molecule has 0 radical (unpaired) electrons. The molecule has 0 saturated carbocycles. The summed E-state index contributed by atoms with van der Waals surface area (Å²) in [6.45, 7) is 5.36. The van der Waals surface area contributed by atoms with E-state index in [0.717, 1.165) is 28.8 Å². The fraction of sp³-hybridized carbons (Fsp3) is 0.286. The highest BCUT2D eigenvalue weighted by Gasteiger charge is 2.41. The minimum atomic E-state index is -1.79. The van der Waals surface area contributed by atoms with Crippen LogP contribution in [0.4, 0.5) is 8.78 Å². The third-order valence-electron chi connectivity index (χ3n) is 5.55. The zero-order valence-electron chi connectivity index (χ0n) is 16.6. The van der Waals surface area contributed by atoms with Gasteiger partial charge in [0.25, 0.3) is 0 Å². The summed E-state index contributed by atoms with van der Waals surface area (Å²) >= 11 is 6.27. The summed E-state index contributed by atoms with van der Waals surface area (Å²) in [5.41, 5.74) is 0.504. The Hall–Kier alpha value is -2.84. The summed E-state index contributed by atoms with van der Waals surface area (Å²) in [5, 5.41) is 21.9. The molecule has 2 atom stereocenters. The number of aromatic nitrogens is 5. The highest BCUT2D eigenvalue weighted by molar-refractivity contribution is 6.32. The maximum Gasteiger partial charge on any atom is 0.137 e. The van der Waals surface area contributed by atoms with E-state index in [2.05, 4.69) is 15.2 Å². The Kier molecular flexibility index (Phi) is 5.07. The van der Waals surface area contributed by atoms with E-state index in [0.29, 0.717) is 10.5 Å². The van der Waals surface area contributed by atoms with Crippen molar-refractivity contribution in [2.75, 3.05) is 0 Å². The second-order valence-electron chi connectivity index (χ2n) is 7.47. The lowest BCUT2D eigenvalue weighted by Crippen LogP contribution is -2.41. The maximum atomic E-state index is 14.8. The zero-order chi connectivity index (χ0) is 21.6. The first-order valence-corrected chi connectivity index (χ1v) is 9.74. The molecule has 2 aromatic carbocycles. The van der Waals surface area contributed by atoms with Crippen molar-refractivity contribution in [3.8, 4) is 0 Å². The van der Waals surface area contributed by atoms with Crippen LogP contribution < -0.4 is 0 Å². The van der Waals surface area contributed by atoms with Crippen LogP contribution in [0.5, 0.6) is 0 Å². The van der Waals surface area contributed by atoms with E-state index in [1.807, 2.05) is 26.0 Å². The van der Waals surface area contributed by atoms with Crippen molar-refractivity contribution < 1.29 is 13.9 Å². The standard InChI is InChI=1S/C21H20ClF2N5O/c1-12-6-20-16(8-18(12)22)13(2)29(27-20)14(3)21(30,9-28-11-25-10-26-28)17-5-4-15(23)7-19(17)24/h4-8,10-11,14,30H,9H2,1-3H3/t14-,21-/m1/s1. The molecule has 0 unspecified atom stereocenters. The number of fused-ring (bicyclic) bond motifs is 1. The summed E-state index contributed by atoms with van der Waals surface area (Å²) in [7, 11) is 0. The van der Waals surface area contributed by atoms with Crippen LogP contribution in [0, 0.1) is 25.5 Å². The molecule has 0 amide bonds. The lowest BCUT2D eigenvalue weighted by Gasteiger charge is -2.35. The van der Waals surface area contributed by atoms with Gasteiger partial charge in [0.2, 0.25) is 0 Å². The average molecular weight is 432 g/mol. The van der Waals surface area contributed by atoms with E-state index >= 15 is 0 Å². The molecule has 0 aliphatic carbocycles. The first-order chi connectivity index (χ1) is 14.2. The lowest BCUT2D eigenvalue weighted by atomic mass is 9.86. The predicted molar refractivity (Wildman–Crippen MR) is 109 cm³/mol. The average Bonchev–Trinajstić information content (AvgIpc) is 3.30. The molecule has 0 bridgehead atoms. The molecule has 30 heavy (non-hydrogen) atoms. The monoisotopic (exact) mass is 431 g/mol. The number of hydrogen-bond donors (Lipinski definition) is 1. The molecule has 4 rings (SSSR count). The zero-order valence-corrected chi connectivity index (χ0v) is 17.4. The van der Waals surface area contributed by atoms with Gasteiger partial charge < -0.3 is 5.11 Å². The number of aryl methyl sites for hydroxylation is 2. The molecule has 1 N–H and O–H groups in total. The van der Waals surface area contributed by atoms with Gasteiger partial charge in [0.05, 0.1) is 18.1 Å². The van der Waals surface area contributed by atoms with Gasteiger partial charge in [-0.3, -0.25) is 4.68 Å². The van der Waals surface area contributed by atoms with Gasteiger partial charge in [-0.1, -0.05) is 17.7 Å². The van der Waals surface area contributed by atoms with Gasteiger partial charge in [-0.2, -0.15) is 10.2 Å². The Balaban J connectivity index is 1.88. The topological polar surface area (TPSA) is 68.8 Å². The van der Waals surface area contributed by atoms with Crippen LogP contribution in [0.25, 0.3) is 10.9 Å². The van der Waals surface area contributed by atoms with Crippen LogP contribution in [-0.4, -0.2) is 29.7 Å². The molecule has 9 heteroatoms. The van der Waals surface area contributed by atoms with Crippen molar-refractivity contribution >= 4 is 22.5 Å². The van der Waals surface area contributed by atoms with Gasteiger partial charge in [-0.05, 0) is 44.5 Å². The van der Waals surface area contributed by atoms with Gasteiger partial charge >= 0.3 is 0 Å². The predicted octanol–water partition coefficient (Wildman–Crippen LogP) is 4.33. The third-order valence-corrected chi connectivity index (χ3v) is 5.96. The molecule has 6 nitrogen and oxygen atoms in total.